The van der Waals surface area contributed by atoms with Gasteiger partial charge in [-0.2, -0.15) is 0 Å². The second-order valence-electron chi connectivity index (χ2n) is 2.44. The molecule has 1 aliphatic heterocycles. The van der Waals surface area contributed by atoms with Crippen molar-refractivity contribution in [3.63, 3.8) is 0 Å². The average Bonchev–Trinajstić information content (AvgIpc) is 2.30. The predicted molar refractivity (Wildman–Crippen MR) is 45.5 cm³/mol. The molecule has 0 N–H and O–H groups in total. The molecule has 0 spiro atoms. The summed E-state index contributed by atoms with van der Waals surface area (Å²) in [6.45, 7) is 0. The van der Waals surface area contributed by atoms with E-state index < -0.39 is 0 Å². The lowest BCUT2D eigenvalue weighted by Gasteiger charge is -2.10. The number of carbonyl (C=O) groups excluding carboxylic acids is 1. The van der Waals surface area contributed by atoms with Gasteiger partial charge in [-0.05, 0) is 6.08 Å². The zero-order valence-electron chi connectivity index (χ0n) is 7.02. The third kappa shape index (κ3) is 1.95. The van der Waals surface area contributed by atoms with Crippen LogP contribution < -0.4 is 0 Å². The summed E-state index contributed by atoms with van der Waals surface area (Å²) < 4.78 is 4.99. The fraction of sp³-hybridized carbons (Fsp3) is 0.250. The van der Waals surface area contributed by atoms with E-state index in [1.54, 1.807) is 26.4 Å². The second kappa shape index (κ2) is 3.71. The van der Waals surface area contributed by atoms with E-state index in [2.05, 4.69) is 4.99 Å². The van der Waals surface area contributed by atoms with Gasteiger partial charge >= 0.3 is 0 Å². The van der Waals surface area contributed by atoms with Crippen LogP contribution in [0.4, 0.5) is 0 Å². The molecule has 0 fully saturated rings. The molecular weight excluding hydrogens is 156 g/mol. The Morgan fingerprint density at radius 3 is 3.00 bits per heavy atom. The molecule has 0 aliphatic carbocycles. The van der Waals surface area contributed by atoms with E-state index in [0.29, 0.717) is 0 Å². The van der Waals surface area contributed by atoms with Gasteiger partial charge in [0.05, 0.1) is 12.5 Å². The highest BCUT2D eigenvalue weighted by Gasteiger charge is 2.12. The number of hydrogen-bond donors (Lipinski definition) is 0. The number of rotatable bonds is 1. The Bertz CT molecular complexity index is 264. The highest BCUT2D eigenvalue weighted by Crippen LogP contribution is 2.04. The van der Waals surface area contributed by atoms with E-state index in [1.165, 1.54) is 17.4 Å². The third-order valence-electron chi connectivity index (χ3n) is 1.25. The Balaban J connectivity index is 2.75. The number of ether oxygens (including phenoxy) is 1. The summed E-state index contributed by atoms with van der Waals surface area (Å²) in [7, 11) is 3.32. The molecule has 0 aromatic rings. The van der Waals surface area contributed by atoms with Crippen LogP contribution in [0.3, 0.4) is 0 Å². The van der Waals surface area contributed by atoms with Gasteiger partial charge < -0.3 is 9.64 Å². The van der Waals surface area contributed by atoms with Gasteiger partial charge in [0.25, 0.3) is 5.91 Å². The minimum atomic E-state index is -0.196. The summed E-state index contributed by atoms with van der Waals surface area (Å²) in [6.07, 6.45) is 5.98. The second-order valence-corrected chi connectivity index (χ2v) is 2.44. The maximum absolute atomic E-state index is 11.3. The van der Waals surface area contributed by atoms with E-state index in [4.69, 9.17) is 4.74 Å². The first-order valence-electron chi connectivity index (χ1n) is 3.48. The first kappa shape index (κ1) is 8.52. The zero-order valence-corrected chi connectivity index (χ0v) is 7.02. The lowest BCUT2D eigenvalue weighted by molar-refractivity contribution is -0.127. The molecule has 0 unspecified atom stereocenters. The molecule has 0 atom stereocenters. The van der Waals surface area contributed by atoms with Gasteiger partial charge in [0.1, 0.15) is 0 Å². The fourth-order valence-corrected chi connectivity index (χ4v) is 0.665. The Morgan fingerprint density at radius 1 is 1.58 bits per heavy atom. The molecule has 0 bridgehead atoms. The first-order chi connectivity index (χ1) is 5.72. The molecule has 0 radical (unpaired) electrons. The van der Waals surface area contributed by atoms with E-state index in [-0.39, 0.29) is 11.7 Å². The van der Waals surface area contributed by atoms with Gasteiger partial charge in [-0.3, -0.25) is 9.79 Å². The maximum atomic E-state index is 11.3. The van der Waals surface area contributed by atoms with Crippen molar-refractivity contribution >= 4 is 12.1 Å². The number of carbonyl (C=O) groups is 1. The normalized spacial score (nSPS) is 14.7. The molecule has 64 valence electrons. The zero-order chi connectivity index (χ0) is 8.97. The standard InChI is InChI=1S/C8H10N2O2/c1-10(2)8(11)7-6-9-4-3-5-12-7/h3-6H,1-2H3. The monoisotopic (exact) mass is 166 g/mol. The van der Waals surface area contributed by atoms with Crippen molar-refractivity contribution in [2.45, 2.75) is 0 Å². The van der Waals surface area contributed by atoms with Crippen molar-refractivity contribution in [1.29, 1.82) is 0 Å². The van der Waals surface area contributed by atoms with Crippen molar-refractivity contribution in [2.24, 2.45) is 4.99 Å². The molecule has 4 nitrogen and oxygen atoms in total. The Labute approximate surface area is 70.8 Å². The lowest BCUT2D eigenvalue weighted by Crippen LogP contribution is -2.23. The molecule has 0 saturated carbocycles. The molecular formula is C8H10N2O2. The van der Waals surface area contributed by atoms with Crippen LogP contribution >= 0.6 is 0 Å². The number of likely N-dealkylation sites (N-methyl/N-ethyl adjacent to an activating group) is 1. The Kier molecular flexibility index (Phi) is 2.63. The molecule has 12 heavy (non-hydrogen) atoms. The third-order valence-corrected chi connectivity index (χ3v) is 1.25. The number of aliphatic imine (C=N–C) groups is 1. The van der Waals surface area contributed by atoms with Crippen LogP contribution in [-0.4, -0.2) is 31.1 Å². The largest absolute Gasteiger partial charge is 0.457 e. The summed E-state index contributed by atoms with van der Waals surface area (Å²) >= 11 is 0. The summed E-state index contributed by atoms with van der Waals surface area (Å²) in [5.41, 5.74) is 0. The molecule has 1 heterocycles. The molecule has 0 aromatic heterocycles. The average molecular weight is 166 g/mol. The highest BCUT2D eigenvalue weighted by atomic mass is 16.5. The smallest absolute Gasteiger partial charge is 0.290 e. The minimum Gasteiger partial charge on any atom is -0.457 e. The highest BCUT2D eigenvalue weighted by molar-refractivity contribution is 5.91. The predicted octanol–water partition coefficient (Wildman–Crippen LogP) is 0.531. The van der Waals surface area contributed by atoms with Gasteiger partial charge in [0.2, 0.25) is 5.76 Å². The van der Waals surface area contributed by atoms with Crippen LogP contribution in [0.5, 0.6) is 0 Å². The molecule has 0 saturated heterocycles. The summed E-state index contributed by atoms with van der Waals surface area (Å²) in [6, 6.07) is 0. The number of hydrogen-bond acceptors (Lipinski definition) is 3. The van der Waals surface area contributed by atoms with Crippen LogP contribution in [0, 0.1) is 0 Å². The van der Waals surface area contributed by atoms with E-state index in [0.717, 1.165) is 0 Å². The van der Waals surface area contributed by atoms with E-state index in [1.807, 2.05) is 0 Å². The van der Waals surface area contributed by atoms with Gasteiger partial charge in [0.15, 0.2) is 0 Å². The van der Waals surface area contributed by atoms with Gasteiger partial charge in [-0.15, -0.1) is 0 Å². The van der Waals surface area contributed by atoms with Crippen LogP contribution in [0.15, 0.2) is 29.3 Å². The van der Waals surface area contributed by atoms with E-state index in [9.17, 15) is 4.79 Å². The molecule has 1 aliphatic rings. The minimum absolute atomic E-state index is 0.196. The first-order valence-corrected chi connectivity index (χ1v) is 3.48. The fourth-order valence-electron chi connectivity index (χ4n) is 0.665. The SMILES string of the molecule is CN(C)C(=O)C1=CN=CC=CO1. The van der Waals surface area contributed by atoms with Gasteiger partial charge in [0, 0.05) is 20.3 Å². The quantitative estimate of drug-likeness (QED) is 0.570. The van der Waals surface area contributed by atoms with Crippen LogP contribution in [-0.2, 0) is 9.53 Å². The topological polar surface area (TPSA) is 41.9 Å². The Hall–Kier alpha value is -1.58. The van der Waals surface area contributed by atoms with Crippen LogP contribution in [0.1, 0.15) is 0 Å². The number of amides is 1. The van der Waals surface area contributed by atoms with Gasteiger partial charge in [-0.1, -0.05) is 0 Å². The number of nitrogens with zero attached hydrogens (tertiary/aromatic N) is 2. The van der Waals surface area contributed by atoms with Crippen molar-refractivity contribution in [2.75, 3.05) is 14.1 Å². The molecule has 0 aromatic carbocycles. The summed E-state index contributed by atoms with van der Waals surface area (Å²) in [5, 5.41) is 0. The van der Waals surface area contributed by atoms with Crippen molar-refractivity contribution in [1.82, 2.24) is 4.90 Å². The maximum Gasteiger partial charge on any atom is 0.290 e. The molecule has 1 amide bonds. The van der Waals surface area contributed by atoms with Crippen LogP contribution in [0.25, 0.3) is 0 Å². The number of allylic oxidation sites excluding steroid dienone is 1. The lowest BCUT2D eigenvalue weighted by atomic mass is 10.4. The molecule has 1 rings (SSSR count). The molecule has 4 heteroatoms. The van der Waals surface area contributed by atoms with E-state index >= 15 is 0 Å². The Morgan fingerprint density at radius 2 is 2.33 bits per heavy atom. The van der Waals surface area contributed by atoms with Crippen molar-refractivity contribution in [3.05, 3.63) is 24.3 Å². The van der Waals surface area contributed by atoms with Gasteiger partial charge in [-0.25, -0.2) is 0 Å². The summed E-state index contributed by atoms with van der Waals surface area (Å²) in [4.78, 5) is 16.5. The summed E-state index contributed by atoms with van der Waals surface area (Å²) in [5.74, 6) is 0.0312. The van der Waals surface area contributed by atoms with Crippen LogP contribution in [0.2, 0.25) is 0 Å². The van der Waals surface area contributed by atoms with Crippen molar-refractivity contribution in [3.8, 4) is 0 Å². The van der Waals surface area contributed by atoms with Crippen molar-refractivity contribution < 1.29 is 9.53 Å².